The van der Waals surface area contributed by atoms with E-state index in [0.29, 0.717) is 32.6 Å². The molecule has 21 heavy (non-hydrogen) atoms. The van der Waals surface area contributed by atoms with Gasteiger partial charge in [0.2, 0.25) is 5.91 Å². The van der Waals surface area contributed by atoms with E-state index in [0.717, 1.165) is 13.0 Å². The number of nitrogens with zero attached hydrogens (tertiary/aromatic N) is 2. The van der Waals surface area contributed by atoms with Crippen LogP contribution in [0.4, 0.5) is 0 Å². The van der Waals surface area contributed by atoms with Crippen molar-refractivity contribution in [1.29, 1.82) is 0 Å². The number of carbonyl (C=O) groups is 2. The number of carboxylic acids is 1. The maximum Gasteiger partial charge on any atom is 0.310 e. The van der Waals surface area contributed by atoms with Crippen molar-refractivity contribution in [3.8, 4) is 0 Å². The van der Waals surface area contributed by atoms with Crippen LogP contribution in [0.1, 0.15) is 33.6 Å². The van der Waals surface area contributed by atoms with Gasteiger partial charge in [-0.2, -0.15) is 0 Å². The highest BCUT2D eigenvalue weighted by molar-refractivity contribution is 5.79. The zero-order valence-corrected chi connectivity index (χ0v) is 13.2. The molecular formula is C15H26N2O4. The van der Waals surface area contributed by atoms with Gasteiger partial charge in [-0.3, -0.25) is 14.5 Å². The Hall–Kier alpha value is -1.14. The predicted octanol–water partition coefficient (Wildman–Crippen LogP) is 0.809. The lowest BCUT2D eigenvalue weighted by molar-refractivity contribution is -0.153. The first-order valence-corrected chi connectivity index (χ1v) is 7.69. The largest absolute Gasteiger partial charge is 0.481 e. The Kier molecular flexibility index (Phi) is 4.88. The molecule has 0 bridgehead atoms. The van der Waals surface area contributed by atoms with Gasteiger partial charge in [-0.1, -0.05) is 0 Å². The number of likely N-dealkylation sites (tertiary alicyclic amines) is 1. The summed E-state index contributed by atoms with van der Waals surface area (Å²) in [5.41, 5.74) is -0.732. The number of carbonyl (C=O) groups excluding carboxylic acids is 1. The second kappa shape index (κ2) is 6.32. The fraction of sp³-hybridized carbons (Fsp3) is 0.867. The van der Waals surface area contributed by atoms with Crippen LogP contribution in [-0.2, 0) is 14.3 Å². The Morgan fingerprint density at radius 2 is 1.90 bits per heavy atom. The number of ether oxygens (including phenoxy) is 1. The fourth-order valence-electron chi connectivity index (χ4n) is 3.33. The van der Waals surface area contributed by atoms with Crippen molar-refractivity contribution in [2.24, 2.45) is 5.41 Å². The van der Waals surface area contributed by atoms with Crippen LogP contribution in [0.15, 0.2) is 0 Å². The molecule has 0 aromatic rings. The molecule has 2 fully saturated rings. The molecule has 3 atom stereocenters. The molecule has 2 aliphatic heterocycles. The number of aliphatic carboxylic acids is 1. The lowest BCUT2D eigenvalue weighted by Crippen LogP contribution is -2.53. The monoisotopic (exact) mass is 298 g/mol. The Morgan fingerprint density at radius 1 is 1.29 bits per heavy atom. The van der Waals surface area contributed by atoms with Crippen molar-refractivity contribution in [1.82, 2.24) is 9.80 Å². The summed E-state index contributed by atoms with van der Waals surface area (Å²) in [6, 6.07) is 0. The second-order valence-corrected chi connectivity index (χ2v) is 6.74. The van der Waals surface area contributed by atoms with Crippen LogP contribution >= 0.6 is 0 Å². The van der Waals surface area contributed by atoms with Crippen LogP contribution in [-0.4, -0.2) is 71.7 Å². The number of rotatable bonds is 3. The van der Waals surface area contributed by atoms with E-state index in [4.69, 9.17) is 4.74 Å². The minimum Gasteiger partial charge on any atom is -0.481 e. The standard InChI is InChI=1S/C15H26N2O4/c1-11-7-17(8-12(2)21-11)13(18)9-16-6-4-5-15(3,10-16)14(19)20/h11-12H,4-10H2,1-3H3,(H,19,20). The highest BCUT2D eigenvalue weighted by Crippen LogP contribution is 2.29. The predicted molar refractivity (Wildman–Crippen MR) is 78.0 cm³/mol. The molecule has 2 aliphatic rings. The zero-order valence-electron chi connectivity index (χ0n) is 13.2. The van der Waals surface area contributed by atoms with Gasteiger partial charge in [0.1, 0.15) is 0 Å². The van der Waals surface area contributed by atoms with Crippen LogP contribution in [0.25, 0.3) is 0 Å². The van der Waals surface area contributed by atoms with Crippen molar-refractivity contribution >= 4 is 11.9 Å². The quantitative estimate of drug-likeness (QED) is 0.835. The smallest absolute Gasteiger partial charge is 0.310 e. The first-order valence-electron chi connectivity index (χ1n) is 7.69. The van der Waals surface area contributed by atoms with E-state index in [-0.39, 0.29) is 18.1 Å². The summed E-state index contributed by atoms with van der Waals surface area (Å²) >= 11 is 0. The SMILES string of the molecule is CC1CN(C(=O)CN2CCCC(C)(C(=O)O)C2)CC(C)O1. The van der Waals surface area contributed by atoms with Crippen LogP contribution in [0.3, 0.4) is 0 Å². The van der Waals surface area contributed by atoms with Gasteiger partial charge in [0, 0.05) is 19.6 Å². The first kappa shape index (κ1) is 16.2. The Labute approximate surface area is 126 Å². The van der Waals surface area contributed by atoms with Gasteiger partial charge in [0.05, 0.1) is 24.2 Å². The minimum absolute atomic E-state index is 0.0586. The van der Waals surface area contributed by atoms with Crippen LogP contribution < -0.4 is 0 Å². The summed E-state index contributed by atoms with van der Waals surface area (Å²) in [5.74, 6) is -0.695. The van der Waals surface area contributed by atoms with Crippen molar-refractivity contribution in [2.45, 2.75) is 45.8 Å². The van der Waals surface area contributed by atoms with E-state index >= 15 is 0 Å². The third kappa shape index (κ3) is 3.95. The van der Waals surface area contributed by atoms with Crippen LogP contribution in [0, 0.1) is 5.41 Å². The van der Waals surface area contributed by atoms with Crippen molar-refractivity contribution in [2.75, 3.05) is 32.7 Å². The Bertz CT molecular complexity index is 404. The van der Waals surface area contributed by atoms with E-state index in [1.165, 1.54) is 0 Å². The summed E-state index contributed by atoms with van der Waals surface area (Å²) in [6.07, 6.45) is 1.62. The molecular weight excluding hydrogens is 272 g/mol. The van der Waals surface area contributed by atoms with Crippen molar-refractivity contribution in [3.05, 3.63) is 0 Å². The number of amides is 1. The summed E-state index contributed by atoms with van der Waals surface area (Å²) in [6.45, 7) is 8.50. The highest BCUT2D eigenvalue weighted by atomic mass is 16.5. The molecule has 3 unspecified atom stereocenters. The number of hydrogen-bond donors (Lipinski definition) is 1. The van der Waals surface area contributed by atoms with E-state index < -0.39 is 11.4 Å². The molecule has 2 heterocycles. The summed E-state index contributed by atoms with van der Waals surface area (Å²) < 4.78 is 5.64. The molecule has 0 aliphatic carbocycles. The molecule has 0 aromatic carbocycles. The number of piperidine rings is 1. The molecule has 2 saturated heterocycles. The van der Waals surface area contributed by atoms with Gasteiger partial charge >= 0.3 is 5.97 Å². The third-order valence-electron chi connectivity index (χ3n) is 4.42. The maximum atomic E-state index is 12.4. The molecule has 120 valence electrons. The van der Waals surface area contributed by atoms with Gasteiger partial charge in [-0.05, 0) is 40.2 Å². The number of hydrogen-bond acceptors (Lipinski definition) is 4. The third-order valence-corrected chi connectivity index (χ3v) is 4.42. The highest BCUT2D eigenvalue weighted by Gasteiger charge is 2.38. The molecule has 0 aromatic heterocycles. The lowest BCUT2D eigenvalue weighted by atomic mass is 9.82. The van der Waals surface area contributed by atoms with Crippen molar-refractivity contribution < 1.29 is 19.4 Å². The van der Waals surface area contributed by atoms with E-state index in [1.54, 1.807) is 6.92 Å². The molecule has 1 N–H and O–H groups in total. The van der Waals surface area contributed by atoms with E-state index in [2.05, 4.69) is 0 Å². The van der Waals surface area contributed by atoms with Crippen molar-refractivity contribution in [3.63, 3.8) is 0 Å². The summed E-state index contributed by atoms with van der Waals surface area (Å²) in [5, 5.41) is 9.33. The molecule has 6 heteroatoms. The molecule has 6 nitrogen and oxygen atoms in total. The summed E-state index contributed by atoms with van der Waals surface area (Å²) in [7, 11) is 0. The molecule has 2 rings (SSSR count). The number of morpholine rings is 1. The Balaban J connectivity index is 1.91. The van der Waals surface area contributed by atoms with E-state index in [9.17, 15) is 14.7 Å². The maximum absolute atomic E-state index is 12.4. The molecule has 0 saturated carbocycles. The summed E-state index contributed by atoms with van der Waals surface area (Å²) in [4.78, 5) is 27.6. The van der Waals surface area contributed by atoms with Gasteiger partial charge in [0.15, 0.2) is 0 Å². The minimum atomic E-state index is -0.770. The van der Waals surface area contributed by atoms with Crippen LogP contribution in [0.2, 0.25) is 0 Å². The lowest BCUT2D eigenvalue weighted by Gasteiger charge is -2.40. The Morgan fingerprint density at radius 3 is 2.48 bits per heavy atom. The molecule has 1 amide bonds. The normalized spacial score (nSPS) is 34.7. The van der Waals surface area contributed by atoms with Gasteiger partial charge in [0.25, 0.3) is 0 Å². The zero-order chi connectivity index (χ0) is 15.6. The van der Waals surface area contributed by atoms with Gasteiger partial charge in [-0.25, -0.2) is 0 Å². The van der Waals surface area contributed by atoms with Gasteiger partial charge in [-0.15, -0.1) is 0 Å². The number of carboxylic acid groups (broad SMARTS) is 1. The fourth-order valence-corrected chi connectivity index (χ4v) is 3.33. The average molecular weight is 298 g/mol. The first-order chi connectivity index (χ1) is 9.80. The van der Waals surface area contributed by atoms with E-state index in [1.807, 2.05) is 23.6 Å². The molecule has 0 radical (unpaired) electrons. The topological polar surface area (TPSA) is 70.1 Å². The average Bonchev–Trinajstić information content (AvgIpc) is 2.37. The van der Waals surface area contributed by atoms with Crippen LogP contribution in [0.5, 0.6) is 0 Å². The molecule has 0 spiro atoms. The second-order valence-electron chi connectivity index (χ2n) is 6.74. The van der Waals surface area contributed by atoms with Gasteiger partial charge < -0.3 is 14.7 Å².